The molecule has 0 unspecified atom stereocenters. The molecule has 28 heavy (non-hydrogen) atoms. The number of nitrogens with one attached hydrogen (secondary N) is 1. The highest BCUT2D eigenvalue weighted by atomic mass is 35.5. The van der Waals surface area contributed by atoms with E-state index in [9.17, 15) is 9.90 Å². The van der Waals surface area contributed by atoms with Crippen molar-refractivity contribution in [3.8, 4) is 17.2 Å². The number of carbonyl (C=O) groups is 1. The fourth-order valence-corrected chi connectivity index (χ4v) is 3.25. The second-order valence-electron chi connectivity index (χ2n) is 6.25. The van der Waals surface area contributed by atoms with Gasteiger partial charge in [-0.05, 0) is 55.0 Å². The van der Waals surface area contributed by atoms with Gasteiger partial charge in [0.25, 0.3) is 5.91 Å². The zero-order valence-corrected chi connectivity index (χ0v) is 16.2. The van der Waals surface area contributed by atoms with E-state index in [2.05, 4.69) is 10.3 Å². The lowest BCUT2D eigenvalue weighted by Gasteiger charge is -2.11. The number of nitrogens with zero attached hydrogens (tertiary/aromatic N) is 1. The maximum atomic E-state index is 12.6. The average molecular weight is 413 g/mol. The minimum Gasteiger partial charge on any atom is -0.507 e. The Hall–Kier alpha value is -3.02. The minimum absolute atomic E-state index is 0.0327. The molecule has 2 N–H and O–H groups in total. The standard InChI is InChI=1S/C21H14Cl2N2O3/c1-11-8-13(24-20(27)14-9-12(22)6-7-16(14)23)10-15(19(11)26)21-25-17-4-2-3-5-18(17)28-21/h2-10,26H,1H3,(H,24,27). The van der Waals surface area contributed by atoms with E-state index in [0.717, 1.165) is 0 Å². The van der Waals surface area contributed by atoms with Gasteiger partial charge in [-0.15, -0.1) is 0 Å². The number of aromatic hydroxyl groups is 1. The number of aromatic nitrogens is 1. The molecule has 0 radical (unpaired) electrons. The van der Waals surface area contributed by atoms with Crippen molar-refractivity contribution < 1.29 is 14.3 Å². The van der Waals surface area contributed by atoms with E-state index in [0.29, 0.717) is 32.9 Å². The van der Waals surface area contributed by atoms with E-state index in [1.807, 2.05) is 18.2 Å². The molecule has 7 heteroatoms. The fourth-order valence-electron chi connectivity index (χ4n) is 2.87. The van der Waals surface area contributed by atoms with E-state index >= 15 is 0 Å². The first kappa shape index (κ1) is 18.3. The van der Waals surface area contributed by atoms with E-state index in [1.54, 1.807) is 37.3 Å². The number of phenolic OH excluding ortho intramolecular Hbond substituents is 1. The summed E-state index contributed by atoms with van der Waals surface area (Å²) < 4.78 is 5.75. The maximum absolute atomic E-state index is 12.6. The molecule has 1 amide bonds. The topological polar surface area (TPSA) is 75.4 Å². The van der Waals surface area contributed by atoms with Crippen LogP contribution in [-0.4, -0.2) is 16.0 Å². The van der Waals surface area contributed by atoms with Crippen molar-refractivity contribution in [1.29, 1.82) is 0 Å². The van der Waals surface area contributed by atoms with Crippen LogP contribution in [0.5, 0.6) is 5.75 Å². The van der Waals surface area contributed by atoms with Crippen molar-refractivity contribution >= 4 is 45.9 Å². The molecule has 5 nitrogen and oxygen atoms in total. The highest BCUT2D eigenvalue weighted by molar-refractivity contribution is 6.36. The summed E-state index contributed by atoms with van der Waals surface area (Å²) in [7, 11) is 0. The number of para-hydroxylation sites is 2. The molecule has 0 aliphatic carbocycles. The molecule has 0 aliphatic heterocycles. The first-order valence-corrected chi connectivity index (χ1v) is 9.14. The van der Waals surface area contributed by atoms with Crippen molar-refractivity contribution in [3.63, 3.8) is 0 Å². The van der Waals surface area contributed by atoms with Crippen LogP contribution in [0.15, 0.2) is 59.0 Å². The molecule has 0 saturated heterocycles. The smallest absolute Gasteiger partial charge is 0.257 e. The second-order valence-corrected chi connectivity index (χ2v) is 7.10. The van der Waals surface area contributed by atoms with Gasteiger partial charge in [0.15, 0.2) is 5.58 Å². The molecule has 4 aromatic rings. The molecule has 0 saturated carbocycles. The Morgan fingerprint density at radius 3 is 2.68 bits per heavy atom. The molecule has 4 rings (SSSR count). The molecule has 140 valence electrons. The summed E-state index contributed by atoms with van der Waals surface area (Å²) in [6.45, 7) is 1.73. The van der Waals surface area contributed by atoms with Gasteiger partial charge in [0, 0.05) is 10.7 Å². The number of anilines is 1. The third-order valence-corrected chi connectivity index (χ3v) is 4.82. The summed E-state index contributed by atoms with van der Waals surface area (Å²) in [5, 5.41) is 14.0. The second kappa shape index (κ2) is 7.19. The number of hydrogen-bond acceptors (Lipinski definition) is 4. The van der Waals surface area contributed by atoms with Crippen LogP contribution in [-0.2, 0) is 0 Å². The van der Waals surface area contributed by atoms with Crippen LogP contribution in [0.25, 0.3) is 22.6 Å². The van der Waals surface area contributed by atoms with E-state index < -0.39 is 5.91 Å². The van der Waals surface area contributed by atoms with E-state index in [-0.39, 0.29) is 22.2 Å². The number of fused-ring (bicyclic) bond motifs is 1. The quantitative estimate of drug-likeness (QED) is 0.400. The van der Waals surface area contributed by atoms with Gasteiger partial charge in [0.2, 0.25) is 5.89 Å². The van der Waals surface area contributed by atoms with Gasteiger partial charge >= 0.3 is 0 Å². The van der Waals surface area contributed by atoms with Crippen LogP contribution in [0.4, 0.5) is 5.69 Å². The summed E-state index contributed by atoms with van der Waals surface area (Å²) in [4.78, 5) is 17.0. The summed E-state index contributed by atoms with van der Waals surface area (Å²) in [6, 6.07) is 15.2. The molecule has 0 bridgehead atoms. The Labute approximate surface area is 170 Å². The van der Waals surface area contributed by atoms with Crippen molar-refractivity contribution in [2.75, 3.05) is 5.32 Å². The van der Waals surface area contributed by atoms with Crippen molar-refractivity contribution in [2.24, 2.45) is 0 Å². The lowest BCUT2D eigenvalue weighted by molar-refractivity contribution is 0.102. The third-order valence-electron chi connectivity index (χ3n) is 4.26. The Morgan fingerprint density at radius 1 is 1.11 bits per heavy atom. The maximum Gasteiger partial charge on any atom is 0.257 e. The van der Waals surface area contributed by atoms with Crippen molar-refractivity contribution in [3.05, 3.63) is 75.8 Å². The lowest BCUT2D eigenvalue weighted by atomic mass is 10.1. The van der Waals surface area contributed by atoms with Crippen molar-refractivity contribution in [1.82, 2.24) is 4.98 Å². The van der Waals surface area contributed by atoms with Gasteiger partial charge in [0.1, 0.15) is 11.3 Å². The molecule has 1 aromatic heterocycles. The Balaban J connectivity index is 1.73. The molecule has 0 spiro atoms. The molecule has 0 fully saturated rings. The lowest BCUT2D eigenvalue weighted by Crippen LogP contribution is -2.12. The summed E-state index contributed by atoms with van der Waals surface area (Å²) in [5.74, 6) is -0.120. The number of carbonyl (C=O) groups excluding carboxylic acids is 1. The summed E-state index contributed by atoms with van der Waals surface area (Å²) in [6.07, 6.45) is 0. The monoisotopic (exact) mass is 412 g/mol. The molecule has 3 aromatic carbocycles. The average Bonchev–Trinajstić information content (AvgIpc) is 3.10. The Bertz CT molecular complexity index is 1180. The van der Waals surface area contributed by atoms with Gasteiger partial charge in [-0.25, -0.2) is 4.98 Å². The van der Waals surface area contributed by atoms with Gasteiger partial charge in [-0.3, -0.25) is 4.79 Å². The SMILES string of the molecule is Cc1cc(NC(=O)c2cc(Cl)ccc2Cl)cc(-c2nc3ccccc3o2)c1O. The zero-order chi connectivity index (χ0) is 19.8. The summed E-state index contributed by atoms with van der Waals surface area (Å²) in [5.41, 5.74) is 2.94. The number of oxazole rings is 1. The summed E-state index contributed by atoms with van der Waals surface area (Å²) >= 11 is 12.1. The Kier molecular flexibility index (Phi) is 4.71. The van der Waals surface area contributed by atoms with Crippen LogP contribution in [0, 0.1) is 6.92 Å². The Morgan fingerprint density at radius 2 is 1.89 bits per heavy atom. The normalized spacial score (nSPS) is 11.0. The van der Waals surface area contributed by atoms with Gasteiger partial charge < -0.3 is 14.8 Å². The van der Waals surface area contributed by atoms with Crippen LogP contribution in [0.1, 0.15) is 15.9 Å². The number of halogens is 2. The predicted octanol–water partition coefficient (Wildman–Crippen LogP) is 6.07. The van der Waals surface area contributed by atoms with Crippen molar-refractivity contribution in [2.45, 2.75) is 6.92 Å². The van der Waals surface area contributed by atoms with E-state index in [1.165, 1.54) is 6.07 Å². The number of rotatable bonds is 3. The van der Waals surface area contributed by atoms with Gasteiger partial charge in [-0.1, -0.05) is 35.3 Å². The number of phenols is 1. The third kappa shape index (κ3) is 3.42. The largest absolute Gasteiger partial charge is 0.507 e. The number of hydrogen-bond donors (Lipinski definition) is 2. The molecule has 0 atom stereocenters. The molecule has 0 aliphatic rings. The van der Waals surface area contributed by atoms with Gasteiger partial charge in [-0.2, -0.15) is 0 Å². The van der Waals surface area contributed by atoms with Crippen LogP contribution in [0.2, 0.25) is 10.0 Å². The number of benzene rings is 3. The highest BCUT2D eigenvalue weighted by Gasteiger charge is 2.17. The van der Waals surface area contributed by atoms with Crippen LogP contribution < -0.4 is 5.32 Å². The number of aryl methyl sites for hydroxylation is 1. The minimum atomic E-state index is -0.416. The fraction of sp³-hybridized carbons (Fsp3) is 0.0476. The predicted molar refractivity (Wildman–Crippen MR) is 110 cm³/mol. The first-order valence-electron chi connectivity index (χ1n) is 8.38. The van der Waals surface area contributed by atoms with Crippen LogP contribution >= 0.6 is 23.2 Å². The highest BCUT2D eigenvalue weighted by Crippen LogP contribution is 2.36. The van der Waals surface area contributed by atoms with Crippen LogP contribution in [0.3, 0.4) is 0 Å². The van der Waals surface area contributed by atoms with E-state index in [4.69, 9.17) is 27.6 Å². The van der Waals surface area contributed by atoms with Gasteiger partial charge in [0.05, 0.1) is 16.1 Å². The zero-order valence-electron chi connectivity index (χ0n) is 14.7. The molecular weight excluding hydrogens is 399 g/mol. The first-order chi connectivity index (χ1) is 13.4. The molecule has 1 heterocycles. The number of amides is 1. The molecular formula is C21H14Cl2N2O3.